The normalized spacial score (nSPS) is 11.6. The number of phenolic OH excluding ortho intramolecular Hbond substituents is 1. The van der Waals surface area contributed by atoms with Crippen molar-refractivity contribution >= 4 is 11.6 Å². The number of phenols is 1. The highest BCUT2D eigenvalue weighted by Crippen LogP contribution is 2.32. The van der Waals surface area contributed by atoms with Crippen molar-refractivity contribution in [1.82, 2.24) is 0 Å². The number of nitrogens with one attached hydrogen (secondary N) is 1. The largest absolute Gasteiger partial charge is 0.508 e. The third kappa shape index (κ3) is 4.39. The Balaban J connectivity index is 2.06. The summed E-state index contributed by atoms with van der Waals surface area (Å²) >= 11 is 0. The van der Waals surface area contributed by atoms with Gasteiger partial charge < -0.3 is 19.9 Å². The molecule has 1 unspecified atom stereocenters. The van der Waals surface area contributed by atoms with Crippen molar-refractivity contribution in [2.24, 2.45) is 0 Å². The number of aromatic hydroxyl groups is 1. The lowest BCUT2D eigenvalue weighted by Gasteiger charge is -2.16. The molecule has 5 nitrogen and oxygen atoms in total. The Morgan fingerprint density at radius 3 is 2.61 bits per heavy atom. The molecule has 0 saturated carbocycles. The summed E-state index contributed by atoms with van der Waals surface area (Å²) in [7, 11) is 3.19. The van der Waals surface area contributed by atoms with E-state index >= 15 is 0 Å². The van der Waals surface area contributed by atoms with Gasteiger partial charge in [-0.2, -0.15) is 0 Å². The van der Waals surface area contributed by atoms with E-state index in [9.17, 15) is 9.90 Å². The second kappa shape index (κ2) is 7.54. The summed E-state index contributed by atoms with van der Waals surface area (Å²) in [6.45, 7) is 1.96. The summed E-state index contributed by atoms with van der Waals surface area (Å²) in [6, 6.07) is 12.0. The van der Waals surface area contributed by atoms with Gasteiger partial charge in [0.2, 0.25) is 5.91 Å². The first-order valence-corrected chi connectivity index (χ1v) is 7.34. The zero-order valence-corrected chi connectivity index (χ0v) is 13.5. The number of hydrogen-bond acceptors (Lipinski definition) is 4. The van der Waals surface area contributed by atoms with E-state index in [1.54, 1.807) is 38.5 Å². The number of anilines is 1. The predicted octanol–water partition coefficient (Wildman–Crippen LogP) is 3.54. The van der Waals surface area contributed by atoms with Gasteiger partial charge in [-0.25, -0.2) is 0 Å². The van der Waals surface area contributed by atoms with Gasteiger partial charge >= 0.3 is 0 Å². The van der Waals surface area contributed by atoms with Crippen LogP contribution in [0.15, 0.2) is 42.5 Å². The highest BCUT2D eigenvalue weighted by atomic mass is 16.5. The Hall–Kier alpha value is -2.69. The molecule has 0 aliphatic heterocycles. The maximum absolute atomic E-state index is 12.2. The number of carbonyl (C=O) groups is 1. The van der Waals surface area contributed by atoms with Crippen LogP contribution in [0.3, 0.4) is 0 Å². The van der Waals surface area contributed by atoms with Crippen LogP contribution in [0.1, 0.15) is 24.8 Å². The maximum Gasteiger partial charge on any atom is 0.224 e. The molecule has 0 radical (unpaired) electrons. The average Bonchev–Trinajstić information content (AvgIpc) is 2.53. The smallest absolute Gasteiger partial charge is 0.224 e. The second-order valence-corrected chi connectivity index (χ2v) is 5.31. The zero-order valence-electron chi connectivity index (χ0n) is 13.5. The summed E-state index contributed by atoms with van der Waals surface area (Å²) < 4.78 is 10.6. The van der Waals surface area contributed by atoms with Gasteiger partial charge in [-0.05, 0) is 29.7 Å². The fraction of sp³-hybridized carbons (Fsp3) is 0.278. The summed E-state index contributed by atoms with van der Waals surface area (Å²) in [5.41, 5.74) is 1.52. The Morgan fingerprint density at radius 2 is 1.96 bits per heavy atom. The maximum atomic E-state index is 12.2. The van der Waals surface area contributed by atoms with E-state index < -0.39 is 0 Å². The fourth-order valence-corrected chi connectivity index (χ4v) is 2.41. The van der Waals surface area contributed by atoms with Crippen molar-refractivity contribution < 1.29 is 19.4 Å². The van der Waals surface area contributed by atoms with Crippen LogP contribution in [0.25, 0.3) is 0 Å². The Labute approximate surface area is 135 Å². The van der Waals surface area contributed by atoms with Crippen molar-refractivity contribution in [2.45, 2.75) is 19.3 Å². The molecule has 0 saturated heterocycles. The third-order valence-electron chi connectivity index (χ3n) is 3.59. The van der Waals surface area contributed by atoms with E-state index in [-0.39, 0.29) is 17.6 Å². The number of rotatable bonds is 6. The summed E-state index contributed by atoms with van der Waals surface area (Å²) in [5, 5.41) is 12.2. The van der Waals surface area contributed by atoms with Crippen LogP contribution in [0, 0.1) is 0 Å². The minimum absolute atomic E-state index is 0.0202. The molecule has 2 aromatic rings. The van der Waals surface area contributed by atoms with E-state index in [0.29, 0.717) is 23.6 Å². The first-order valence-electron chi connectivity index (χ1n) is 7.34. The van der Waals surface area contributed by atoms with Gasteiger partial charge in [0.25, 0.3) is 0 Å². The van der Waals surface area contributed by atoms with Crippen molar-refractivity contribution in [2.75, 3.05) is 19.5 Å². The van der Waals surface area contributed by atoms with E-state index in [1.165, 1.54) is 6.07 Å². The molecule has 2 N–H and O–H groups in total. The zero-order chi connectivity index (χ0) is 16.8. The Morgan fingerprint density at radius 1 is 1.17 bits per heavy atom. The second-order valence-electron chi connectivity index (χ2n) is 5.31. The Bertz CT molecular complexity index is 684. The standard InChI is InChI=1S/C18H21NO4/c1-12(16-8-7-15(22-2)11-17(16)23-3)9-18(21)19-13-5-4-6-14(20)10-13/h4-8,10-12,20H,9H2,1-3H3,(H,19,21). The number of hydrogen-bond donors (Lipinski definition) is 2. The lowest BCUT2D eigenvalue weighted by atomic mass is 9.96. The van der Waals surface area contributed by atoms with Crippen LogP contribution in [0.4, 0.5) is 5.69 Å². The van der Waals surface area contributed by atoms with Crippen molar-refractivity contribution in [3.8, 4) is 17.2 Å². The fourth-order valence-electron chi connectivity index (χ4n) is 2.41. The molecule has 2 aromatic carbocycles. The first kappa shape index (κ1) is 16.7. The molecule has 2 rings (SSSR count). The lowest BCUT2D eigenvalue weighted by molar-refractivity contribution is -0.116. The van der Waals surface area contributed by atoms with Gasteiger partial charge in [0.1, 0.15) is 17.2 Å². The van der Waals surface area contributed by atoms with Crippen LogP contribution < -0.4 is 14.8 Å². The molecular formula is C18H21NO4. The molecule has 0 fully saturated rings. The number of amides is 1. The highest BCUT2D eigenvalue weighted by Gasteiger charge is 2.16. The monoisotopic (exact) mass is 315 g/mol. The third-order valence-corrected chi connectivity index (χ3v) is 3.59. The van der Waals surface area contributed by atoms with Gasteiger partial charge in [0.15, 0.2) is 0 Å². The quantitative estimate of drug-likeness (QED) is 0.855. The van der Waals surface area contributed by atoms with Crippen LogP contribution in [-0.4, -0.2) is 25.2 Å². The number of methoxy groups -OCH3 is 2. The molecule has 0 aliphatic carbocycles. The number of ether oxygens (including phenoxy) is 2. The van der Waals surface area contributed by atoms with E-state index in [2.05, 4.69) is 5.32 Å². The first-order chi connectivity index (χ1) is 11.0. The predicted molar refractivity (Wildman–Crippen MR) is 89.3 cm³/mol. The molecular weight excluding hydrogens is 294 g/mol. The topological polar surface area (TPSA) is 67.8 Å². The molecule has 122 valence electrons. The summed E-state index contributed by atoms with van der Waals surface area (Å²) in [6.07, 6.45) is 0.304. The molecule has 5 heteroatoms. The summed E-state index contributed by atoms with van der Waals surface area (Å²) in [5.74, 6) is 1.38. The Kier molecular flexibility index (Phi) is 5.46. The lowest BCUT2D eigenvalue weighted by Crippen LogP contribution is -2.14. The van der Waals surface area contributed by atoms with Crippen LogP contribution >= 0.6 is 0 Å². The SMILES string of the molecule is COc1ccc(C(C)CC(=O)Nc2cccc(O)c2)c(OC)c1. The molecule has 1 atom stereocenters. The van der Waals surface area contributed by atoms with Gasteiger partial charge in [0.05, 0.1) is 14.2 Å². The van der Waals surface area contributed by atoms with E-state index in [4.69, 9.17) is 9.47 Å². The van der Waals surface area contributed by atoms with Crippen molar-refractivity contribution in [3.63, 3.8) is 0 Å². The molecule has 0 heterocycles. The number of benzene rings is 2. The molecule has 0 aliphatic rings. The average molecular weight is 315 g/mol. The molecule has 0 aromatic heterocycles. The van der Waals surface area contributed by atoms with Crippen molar-refractivity contribution in [3.05, 3.63) is 48.0 Å². The highest BCUT2D eigenvalue weighted by molar-refractivity contribution is 5.91. The van der Waals surface area contributed by atoms with Crippen molar-refractivity contribution in [1.29, 1.82) is 0 Å². The minimum Gasteiger partial charge on any atom is -0.508 e. The van der Waals surface area contributed by atoms with Gasteiger partial charge in [-0.15, -0.1) is 0 Å². The molecule has 0 spiro atoms. The number of carbonyl (C=O) groups excluding carboxylic acids is 1. The van der Waals surface area contributed by atoms with Crippen LogP contribution in [0.2, 0.25) is 0 Å². The van der Waals surface area contributed by atoms with Gasteiger partial charge in [-0.3, -0.25) is 4.79 Å². The molecule has 23 heavy (non-hydrogen) atoms. The van der Waals surface area contributed by atoms with Crippen LogP contribution in [0.5, 0.6) is 17.2 Å². The van der Waals surface area contributed by atoms with Gasteiger partial charge in [-0.1, -0.05) is 19.1 Å². The molecule has 1 amide bonds. The molecule has 0 bridgehead atoms. The van der Waals surface area contributed by atoms with Crippen LogP contribution in [-0.2, 0) is 4.79 Å². The summed E-state index contributed by atoms with van der Waals surface area (Å²) in [4.78, 5) is 12.2. The van der Waals surface area contributed by atoms with E-state index in [1.807, 2.05) is 19.1 Å². The minimum atomic E-state index is -0.124. The van der Waals surface area contributed by atoms with E-state index in [0.717, 1.165) is 5.56 Å². The van der Waals surface area contributed by atoms with Gasteiger partial charge in [0, 0.05) is 24.2 Å².